The molecule has 2 N–H and O–H groups in total. The van der Waals surface area contributed by atoms with Gasteiger partial charge in [0.15, 0.2) is 5.06 Å². The number of hydrogen-bond donors (Lipinski definition) is 2. The van der Waals surface area contributed by atoms with Gasteiger partial charge in [0, 0.05) is 22.7 Å². The minimum atomic E-state index is -1.22. The van der Waals surface area contributed by atoms with Crippen molar-refractivity contribution in [2.24, 2.45) is 0 Å². The highest BCUT2D eigenvalue weighted by Crippen LogP contribution is 2.34. The lowest BCUT2D eigenvalue weighted by molar-refractivity contribution is -0.0346. The molecule has 134 valence electrons. The van der Waals surface area contributed by atoms with Crippen molar-refractivity contribution in [3.8, 4) is 0 Å². The highest BCUT2D eigenvalue weighted by Gasteiger charge is 2.28. The zero-order valence-electron chi connectivity index (χ0n) is 13.6. The average molecular weight is 402 g/mol. The molecule has 4 nitrogen and oxygen atoms in total. The van der Waals surface area contributed by atoms with Crippen molar-refractivity contribution < 1.29 is 9.63 Å². The number of benzene rings is 2. The van der Waals surface area contributed by atoms with E-state index in [0.29, 0.717) is 16.1 Å². The van der Waals surface area contributed by atoms with Crippen LogP contribution in [0.5, 0.6) is 0 Å². The summed E-state index contributed by atoms with van der Waals surface area (Å²) in [5.41, 5.74) is 5.85. The number of amides is 1. The van der Waals surface area contributed by atoms with E-state index < -0.39 is 5.06 Å². The number of fused-ring (bicyclic) bond motifs is 1. The first-order valence-corrected chi connectivity index (χ1v) is 8.48. The van der Waals surface area contributed by atoms with Gasteiger partial charge in [-0.2, -0.15) is 0 Å². The maximum atomic E-state index is 12.1. The van der Waals surface area contributed by atoms with Crippen LogP contribution in [0.1, 0.15) is 34.0 Å². The minimum Gasteiger partial charge on any atom is -0.312 e. The lowest BCUT2D eigenvalue weighted by Gasteiger charge is -2.26. The molecule has 0 aliphatic carbocycles. The SMILES string of the molecule is CC(Cl)(ONC(=O)c1ccccc1)c1cc(Cl)c2c(c1)CNCC2.Cl. The smallest absolute Gasteiger partial charge is 0.274 e. The number of halogens is 3. The Morgan fingerprint density at radius 2 is 2.00 bits per heavy atom. The fourth-order valence-electron chi connectivity index (χ4n) is 2.68. The Kier molecular flexibility index (Phi) is 6.72. The Morgan fingerprint density at radius 1 is 1.28 bits per heavy atom. The van der Waals surface area contributed by atoms with Crippen molar-refractivity contribution >= 4 is 41.5 Å². The predicted molar refractivity (Wildman–Crippen MR) is 102 cm³/mol. The van der Waals surface area contributed by atoms with Crippen molar-refractivity contribution in [3.05, 3.63) is 69.7 Å². The molecule has 0 spiro atoms. The fourth-order valence-corrected chi connectivity index (χ4v) is 3.16. The molecule has 0 saturated heterocycles. The molecule has 1 aliphatic rings. The molecule has 0 saturated carbocycles. The lowest BCUT2D eigenvalue weighted by atomic mass is 9.96. The molecular formula is C18H19Cl3N2O2. The Morgan fingerprint density at radius 3 is 2.72 bits per heavy atom. The van der Waals surface area contributed by atoms with Crippen molar-refractivity contribution in [3.63, 3.8) is 0 Å². The van der Waals surface area contributed by atoms with Gasteiger partial charge >= 0.3 is 0 Å². The number of hydrogen-bond acceptors (Lipinski definition) is 3. The van der Waals surface area contributed by atoms with Gasteiger partial charge in [-0.25, -0.2) is 10.3 Å². The highest BCUT2D eigenvalue weighted by molar-refractivity contribution is 6.31. The third-order valence-corrected chi connectivity index (χ3v) is 4.67. The van der Waals surface area contributed by atoms with Gasteiger partial charge in [0.05, 0.1) is 0 Å². The predicted octanol–water partition coefficient (Wildman–Crippen LogP) is 4.18. The molecule has 1 aliphatic heterocycles. The number of nitrogens with one attached hydrogen (secondary N) is 2. The maximum Gasteiger partial charge on any atom is 0.274 e. The Balaban J connectivity index is 0.00000225. The molecule has 25 heavy (non-hydrogen) atoms. The second-order valence-electron chi connectivity index (χ2n) is 5.84. The molecule has 7 heteroatoms. The Bertz CT molecular complexity index is 751. The first-order chi connectivity index (χ1) is 11.5. The zero-order chi connectivity index (χ0) is 17.2. The van der Waals surface area contributed by atoms with Crippen LogP contribution >= 0.6 is 35.6 Å². The van der Waals surface area contributed by atoms with Gasteiger partial charge in [-0.05, 0) is 55.3 Å². The van der Waals surface area contributed by atoms with E-state index in [4.69, 9.17) is 28.0 Å². The molecule has 1 heterocycles. The minimum absolute atomic E-state index is 0. The summed E-state index contributed by atoms with van der Waals surface area (Å²) in [7, 11) is 0. The van der Waals surface area contributed by atoms with E-state index in [1.165, 1.54) is 0 Å². The van der Waals surface area contributed by atoms with Crippen molar-refractivity contribution in [2.45, 2.75) is 24.9 Å². The zero-order valence-corrected chi connectivity index (χ0v) is 16.0. The van der Waals surface area contributed by atoms with Gasteiger partial charge < -0.3 is 5.32 Å². The first kappa shape index (κ1) is 20.0. The van der Waals surface area contributed by atoms with Gasteiger partial charge in [0.1, 0.15) is 0 Å². The molecule has 0 bridgehead atoms. The van der Waals surface area contributed by atoms with Gasteiger partial charge in [0.25, 0.3) is 5.91 Å². The fraction of sp³-hybridized carbons (Fsp3) is 0.278. The van der Waals surface area contributed by atoms with Crippen LogP contribution in [0.4, 0.5) is 0 Å². The maximum absolute atomic E-state index is 12.1. The molecule has 0 fully saturated rings. The quantitative estimate of drug-likeness (QED) is 0.597. The van der Waals surface area contributed by atoms with Crippen molar-refractivity contribution in [2.75, 3.05) is 6.54 Å². The standard InChI is InChI=1S/C18H18Cl2N2O2.ClH/c1-18(20,24-22-17(23)12-5-3-2-4-6-12)14-9-13-11-21-8-7-15(13)16(19)10-14;/h2-6,9-10,21H,7-8,11H2,1H3,(H,22,23);1H. The van der Waals surface area contributed by atoms with Crippen molar-refractivity contribution in [1.82, 2.24) is 10.8 Å². The second kappa shape index (κ2) is 8.39. The lowest BCUT2D eigenvalue weighted by Crippen LogP contribution is -2.33. The van der Waals surface area contributed by atoms with Gasteiger partial charge in [0.2, 0.25) is 0 Å². The number of carbonyl (C=O) groups is 1. The molecule has 3 rings (SSSR count). The van der Waals surface area contributed by atoms with Crippen LogP contribution in [0.2, 0.25) is 5.02 Å². The van der Waals surface area contributed by atoms with Crippen LogP contribution in [-0.4, -0.2) is 12.5 Å². The summed E-state index contributed by atoms with van der Waals surface area (Å²) in [6.45, 7) is 3.33. The van der Waals surface area contributed by atoms with E-state index in [2.05, 4.69) is 10.8 Å². The third-order valence-electron chi connectivity index (χ3n) is 4.04. The Labute approximate surface area is 163 Å². The molecule has 0 radical (unpaired) electrons. The first-order valence-electron chi connectivity index (χ1n) is 7.72. The van der Waals surface area contributed by atoms with E-state index >= 15 is 0 Å². The summed E-state index contributed by atoms with van der Waals surface area (Å²) in [6.07, 6.45) is 0.888. The monoisotopic (exact) mass is 400 g/mol. The van der Waals surface area contributed by atoms with Gasteiger partial charge in [-0.3, -0.25) is 4.79 Å². The second-order valence-corrected chi connectivity index (χ2v) is 6.97. The van der Waals surface area contributed by atoms with Crippen LogP contribution in [0.3, 0.4) is 0 Å². The van der Waals surface area contributed by atoms with E-state index in [0.717, 1.165) is 30.6 Å². The van der Waals surface area contributed by atoms with Crippen LogP contribution in [0, 0.1) is 0 Å². The summed E-state index contributed by atoms with van der Waals surface area (Å²) < 4.78 is 0. The van der Waals surface area contributed by atoms with Gasteiger partial charge in [-0.1, -0.05) is 41.4 Å². The topological polar surface area (TPSA) is 50.4 Å². The highest BCUT2D eigenvalue weighted by atomic mass is 35.5. The number of alkyl halides is 1. The van der Waals surface area contributed by atoms with Crippen LogP contribution in [-0.2, 0) is 22.9 Å². The van der Waals surface area contributed by atoms with Crippen LogP contribution < -0.4 is 10.8 Å². The third kappa shape index (κ3) is 4.66. The molecule has 2 aromatic rings. The number of rotatable bonds is 4. The summed E-state index contributed by atoms with van der Waals surface area (Å²) in [6, 6.07) is 12.6. The summed E-state index contributed by atoms with van der Waals surface area (Å²) in [5, 5.41) is 2.76. The molecule has 1 unspecified atom stereocenters. The van der Waals surface area contributed by atoms with Crippen LogP contribution in [0.25, 0.3) is 0 Å². The normalized spacial score (nSPS) is 15.5. The average Bonchev–Trinajstić information content (AvgIpc) is 2.60. The number of hydroxylamine groups is 1. The molecule has 1 amide bonds. The summed E-state index contributed by atoms with van der Waals surface area (Å²) >= 11 is 12.9. The van der Waals surface area contributed by atoms with E-state index in [1.807, 2.05) is 12.1 Å². The molecular weight excluding hydrogens is 383 g/mol. The Hall–Kier alpha value is -1.30. The van der Waals surface area contributed by atoms with Crippen LogP contribution in [0.15, 0.2) is 42.5 Å². The van der Waals surface area contributed by atoms with E-state index in [9.17, 15) is 4.79 Å². The summed E-state index contributed by atoms with van der Waals surface area (Å²) in [4.78, 5) is 17.6. The molecule has 2 aromatic carbocycles. The molecule has 1 atom stereocenters. The van der Waals surface area contributed by atoms with E-state index in [1.54, 1.807) is 37.3 Å². The number of carbonyl (C=O) groups excluding carboxylic acids is 1. The molecule has 0 aromatic heterocycles. The van der Waals surface area contributed by atoms with E-state index in [-0.39, 0.29) is 18.3 Å². The van der Waals surface area contributed by atoms with Gasteiger partial charge in [-0.15, -0.1) is 12.4 Å². The summed E-state index contributed by atoms with van der Waals surface area (Å²) in [5.74, 6) is -0.354. The van der Waals surface area contributed by atoms with Crippen molar-refractivity contribution in [1.29, 1.82) is 0 Å². The largest absolute Gasteiger partial charge is 0.312 e.